The molecule has 2 unspecified atom stereocenters. The fourth-order valence-electron chi connectivity index (χ4n) is 1.85. The summed E-state index contributed by atoms with van der Waals surface area (Å²) in [5.41, 5.74) is 1.20. The molecule has 0 radical (unpaired) electrons. The Morgan fingerprint density at radius 3 is 2.56 bits per heavy atom. The molecule has 0 fully saturated rings. The normalized spacial score (nSPS) is 14.0. The Bertz CT molecular complexity index is 389. The van der Waals surface area contributed by atoms with Crippen molar-refractivity contribution in [3.8, 4) is 0 Å². The van der Waals surface area contributed by atoms with Gasteiger partial charge in [-0.1, -0.05) is 43.8 Å². The van der Waals surface area contributed by atoms with E-state index in [0.717, 1.165) is 6.42 Å². The van der Waals surface area contributed by atoms with Gasteiger partial charge in [-0.15, -0.1) is 0 Å². The van der Waals surface area contributed by atoms with Crippen molar-refractivity contribution in [2.45, 2.75) is 32.5 Å². The van der Waals surface area contributed by atoms with Gasteiger partial charge in [0.15, 0.2) is 6.23 Å². The van der Waals surface area contributed by atoms with Crippen molar-refractivity contribution >= 4 is 5.97 Å². The van der Waals surface area contributed by atoms with E-state index < -0.39 is 0 Å². The maximum absolute atomic E-state index is 11.3. The molecule has 0 N–H and O–H groups in total. The van der Waals surface area contributed by atoms with Crippen LogP contribution in [-0.2, 0) is 9.53 Å². The zero-order valence-electron chi connectivity index (χ0n) is 11.3. The number of carbonyl (C=O) groups is 1. The average Bonchev–Trinajstić information content (AvgIpc) is 2.43. The van der Waals surface area contributed by atoms with Crippen LogP contribution >= 0.6 is 0 Å². The van der Waals surface area contributed by atoms with E-state index in [0.29, 0.717) is 0 Å². The average molecular weight is 247 g/mol. The van der Waals surface area contributed by atoms with Crippen LogP contribution in [0, 0.1) is 0 Å². The van der Waals surface area contributed by atoms with Crippen molar-refractivity contribution in [3.63, 3.8) is 0 Å². The van der Waals surface area contributed by atoms with Crippen molar-refractivity contribution in [2.24, 2.45) is 0 Å². The molecule has 0 saturated heterocycles. The molecule has 18 heavy (non-hydrogen) atoms. The minimum absolute atomic E-state index is 0.189. The van der Waals surface area contributed by atoms with Crippen LogP contribution in [0.2, 0.25) is 0 Å². The summed E-state index contributed by atoms with van der Waals surface area (Å²) in [5.74, 6) is -0.381. The number of carbonyl (C=O) groups excluding carboxylic acids is 1. The minimum Gasteiger partial charge on any atom is -0.443 e. The van der Waals surface area contributed by atoms with Crippen LogP contribution in [0.25, 0.3) is 0 Å². The Morgan fingerprint density at radius 1 is 1.44 bits per heavy atom. The van der Waals surface area contributed by atoms with Crippen molar-refractivity contribution in [3.05, 3.63) is 48.6 Å². The summed E-state index contributed by atoms with van der Waals surface area (Å²) in [5, 5.41) is 0. The molecule has 1 rings (SSSR count). The van der Waals surface area contributed by atoms with Gasteiger partial charge in [0.05, 0.1) is 0 Å². The van der Waals surface area contributed by atoms with E-state index in [9.17, 15) is 4.79 Å². The molecule has 0 bridgehead atoms. The largest absolute Gasteiger partial charge is 0.443 e. The number of ether oxygens (including phenoxy) is 1. The second-order valence-electron chi connectivity index (χ2n) is 4.26. The smallest absolute Gasteiger partial charge is 0.331 e. The highest BCUT2D eigenvalue weighted by atomic mass is 16.6. The third-order valence-electron chi connectivity index (χ3n) is 3.12. The highest BCUT2D eigenvalue weighted by molar-refractivity contribution is 5.81. The van der Waals surface area contributed by atoms with Crippen LogP contribution in [0.3, 0.4) is 0 Å². The summed E-state index contributed by atoms with van der Waals surface area (Å²) in [6.07, 6.45) is 1.71. The van der Waals surface area contributed by atoms with Gasteiger partial charge in [-0.05, 0) is 26.0 Å². The number of esters is 1. The third-order valence-corrected chi connectivity index (χ3v) is 3.12. The molecule has 1 aromatic rings. The summed E-state index contributed by atoms with van der Waals surface area (Å²) >= 11 is 0. The maximum atomic E-state index is 11.3. The molecule has 0 aliphatic heterocycles. The first-order chi connectivity index (χ1) is 8.60. The Morgan fingerprint density at radius 2 is 2.06 bits per heavy atom. The van der Waals surface area contributed by atoms with Gasteiger partial charge < -0.3 is 4.74 Å². The van der Waals surface area contributed by atoms with Gasteiger partial charge in [-0.25, -0.2) is 4.79 Å². The summed E-state index contributed by atoms with van der Waals surface area (Å²) in [7, 11) is 1.96. The molecule has 0 saturated carbocycles. The van der Waals surface area contributed by atoms with E-state index in [1.807, 2.05) is 32.2 Å². The van der Waals surface area contributed by atoms with Gasteiger partial charge in [0.25, 0.3) is 0 Å². The zero-order chi connectivity index (χ0) is 13.5. The predicted octanol–water partition coefficient (Wildman–Crippen LogP) is 3.14. The van der Waals surface area contributed by atoms with E-state index in [1.165, 1.54) is 11.6 Å². The van der Waals surface area contributed by atoms with E-state index >= 15 is 0 Å². The fourth-order valence-corrected chi connectivity index (χ4v) is 1.85. The second-order valence-corrected chi connectivity index (χ2v) is 4.26. The molecule has 3 nitrogen and oxygen atoms in total. The van der Waals surface area contributed by atoms with Gasteiger partial charge in [0.1, 0.15) is 0 Å². The highest BCUT2D eigenvalue weighted by Gasteiger charge is 2.21. The first-order valence-electron chi connectivity index (χ1n) is 6.20. The Hall–Kier alpha value is -1.61. The summed E-state index contributed by atoms with van der Waals surface area (Å²) in [4.78, 5) is 13.3. The van der Waals surface area contributed by atoms with E-state index in [-0.39, 0.29) is 18.2 Å². The second kappa shape index (κ2) is 6.97. The van der Waals surface area contributed by atoms with Crippen LogP contribution in [0.1, 0.15) is 31.9 Å². The summed E-state index contributed by atoms with van der Waals surface area (Å²) < 4.78 is 5.32. The van der Waals surface area contributed by atoms with Gasteiger partial charge >= 0.3 is 5.97 Å². The molecular formula is C15H21NO2. The van der Waals surface area contributed by atoms with Gasteiger partial charge in [-0.2, -0.15) is 0 Å². The molecule has 0 heterocycles. The molecule has 0 amide bonds. The molecule has 2 atom stereocenters. The van der Waals surface area contributed by atoms with Gasteiger partial charge in [0, 0.05) is 12.1 Å². The highest BCUT2D eigenvalue weighted by Crippen LogP contribution is 2.22. The number of hydrogen-bond donors (Lipinski definition) is 0. The first-order valence-corrected chi connectivity index (χ1v) is 6.20. The Labute approximate surface area is 109 Å². The van der Waals surface area contributed by atoms with E-state index in [4.69, 9.17) is 4.74 Å². The molecule has 0 aliphatic carbocycles. The Balaban J connectivity index is 2.74. The number of benzene rings is 1. The molecular weight excluding hydrogens is 226 g/mol. The molecule has 98 valence electrons. The topological polar surface area (TPSA) is 29.5 Å². The predicted molar refractivity (Wildman–Crippen MR) is 73.0 cm³/mol. The number of nitrogens with zero attached hydrogens (tertiary/aromatic N) is 1. The van der Waals surface area contributed by atoms with Crippen LogP contribution in [0.4, 0.5) is 0 Å². The summed E-state index contributed by atoms with van der Waals surface area (Å²) in [6.45, 7) is 7.51. The lowest BCUT2D eigenvalue weighted by Crippen LogP contribution is -2.36. The molecule has 0 aromatic heterocycles. The van der Waals surface area contributed by atoms with Gasteiger partial charge in [0.2, 0.25) is 0 Å². The maximum Gasteiger partial charge on any atom is 0.331 e. The standard InChI is InChI=1S/C15H21NO2/c1-5-14(18-15(17)6-2)16(4)12(3)13-10-8-7-9-11-13/h6-12,14H,2,5H2,1,3-4H3. The lowest BCUT2D eigenvalue weighted by molar-refractivity contribution is -0.154. The van der Waals surface area contributed by atoms with Crippen LogP contribution in [0.5, 0.6) is 0 Å². The summed E-state index contributed by atoms with van der Waals surface area (Å²) in [6, 6.07) is 10.3. The zero-order valence-corrected chi connectivity index (χ0v) is 11.3. The van der Waals surface area contributed by atoms with Crippen LogP contribution in [-0.4, -0.2) is 24.1 Å². The quantitative estimate of drug-likeness (QED) is 0.439. The monoisotopic (exact) mass is 247 g/mol. The van der Waals surface area contributed by atoms with Crippen LogP contribution < -0.4 is 0 Å². The van der Waals surface area contributed by atoms with Crippen molar-refractivity contribution in [1.82, 2.24) is 4.90 Å². The lowest BCUT2D eigenvalue weighted by Gasteiger charge is -2.32. The molecule has 0 aliphatic rings. The molecule has 1 aromatic carbocycles. The van der Waals surface area contributed by atoms with E-state index in [2.05, 4.69) is 30.5 Å². The Kier molecular flexibility index (Phi) is 5.59. The van der Waals surface area contributed by atoms with Crippen molar-refractivity contribution < 1.29 is 9.53 Å². The van der Waals surface area contributed by atoms with Crippen molar-refractivity contribution in [2.75, 3.05) is 7.05 Å². The molecule has 0 spiro atoms. The van der Waals surface area contributed by atoms with Crippen LogP contribution in [0.15, 0.2) is 43.0 Å². The van der Waals surface area contributed by atoms with E-state index in [1.54, 1.807) is 0 Å². The van der Waals surface area contributed by atoms with Gasteiger partial charge in [-0.3, -0.25) is 4.90 Å². The third kappa shape index (κ3) is 3.70. The van der Waals surface area contributed by atoms with Crippen molar-refractivity contribution in [1.29, 1.82) is 0 Å². The SMILES string of the molecule is C=CC(=O)OC(CC)N(C)C(C)c1ccccc1. The number of hydrogen-bond acceptors (Lipinski definition) is 3. The fraction of sp³-hybridized carbons (Fsp3) is 0.400. The first kappa shape index (κ1) is 14.5. The molecule has 3 heteroatoms. The lowest BCUT2D eigenvalue weighted by atomic mass is 10.1. The number of rotatable bonds is 6. The minimum atomic E-state index is -0.381.